The Morgan fingerprint density at radius 3 is 2.45 bits per heavy atom. The SMILES string of the molecule is O=C(O)COc1ccc(C=Cc2nnc(C(Cl)(Cl)Cl)o2)cc1. The van der Waals surface area contributed by atoms with Gasteiger partial charge >= 0.3 is 5.97 Å². The first-order chi connectivity index (χ1) is 10.3. The van der Waals surface area contributed by atoms with Crippen LogP contribution >= 0.6 is 34.8 Å². The number of hydrogen-bond acceptors (Lipinski definition) is 5. The van der Waals surface area contributed by atoms with Gasteiger partial charge in [0.15, 0.2) is 6.61 Å². The van der Waals surface area contributed by atoms with Crippen molar-refractivity contribution in [3.63, 3.8) is 0 Å². The molecule has 0 radical (unpaired) electrons. The van der Waals surface area contributed by atoms with E-state index in [1.54, 1.807) is 36.4 Å². The Morgan fingerprint density at radius 2 is 1.91 bits per heavy atom. The first kappa shape index (κ1) is 16.6. The quantitative estimate of drug-likeness (QED) is 0.818. The number of rotatable bonds is 5. The van der Waals surface area contributed by atoms with E-state index in [4.69, 9.17) is 49.1 Å². The zero-order valence-corrected chi connectivity index (χ0v) is 13.1. The third kappa shape index (κ3) is 4.91. The summed E-state index contributed by atoms with van der Waals surface area (Å²) in [5.41, 5.74) is 0.816. The van der Waals surface area contributed by atoms with Crippen LogP contribution in [-0.4, -0.2) is 27.9 Å². The molecule has 1 heterocycles. The summed E-state index contributed by atoms with van der Waals surface area (Å²) >= 11 is 16.8. The monoisotopic (exact) mass is 362 g/mol. The van der Waals surface area contributed by atoms with Crippen molar-refractivity contribution in [2.24, 2.45) is 0 Å². The van der Waals surface area contributed by atoms with Gasteiger partial charge in [-0.3, -0.25) is 0 Å². The van der Waals surface area contributed by atoms with E-state index in [1.807, 2.05) is 0 Å². The Hall–Kier alpha value is -1.76. The number of benzene rings is 1. The maximum absolute atomic E-state index is 10.4. The molecule has 0 amide bonds. The molecule has 0 aliphatic heterocycles. The van der Waals surface area contributed by atoms with Gasteiger partial charge < -0.3 is 14.3 Å². The van der Waals surface area contributed by atoms with E-state index in [9.17, 15) is 4.79 Å². The minimum atomic E-state index is -1.76. The third-order valence-electron chi connectivity index (χ3n) is 2.34. The highest BCUT2D eigenvalue weighted by molar-refractivity contribution is 6.66. The molecule has 0 unspecified atom stereocenters. The topological polar surface area (TPSA) is 85.5 Å². The highest BCUT2D eigenvalue weighted by Gasteiger charge is 2.29. The van der Waals surface area contributed by atoms with Crippen molar-refractivity contribution in [3.8, 4) is 5.75 Å². The summed E-state index contributed by atoms with van der Waals surface area (Å²) < 4.78 is 8.42. The fourth-order valence-electron chi connectivity index (χ4n) is 1.40. The van der Waals surface area contributed by atoms with Gasteiger partial charge in [-0.25, -0.2) is 4.79 Å². The molecule has 2 rings (SSSR count). The lowest BCUT2D eigenvalue weighted by molar-refractivity contribution is -0.139. The van der Waals surface area contributed by atoms with Crippen molar-refractivity contribution in [1.82, 2.24) is 10.2 Å². The molecule has 2 aromatic rings. The second kappa shape index (κ2) is 7.00. The van der Waals surface area contributed by atoms with Crippen LogP contribution in [0.15, 0.2) is 28.7 Å². The fraction of sp³-hybridized carbons (Fsp3) is 0.154. The molecule has 0 saturated heterocycles. The van der Waals surface area contributed by atoms with E-state index in [2.05, 4.69) is 10.2 Å². The maximum atomic E-state index is 10.4. The highest BCUT2D eigenvalue weighted by Crippen LogP contribution is 2.37. The van der Waals surface area contributed by atoms with Gasteiger partial charge in [0.25, 0.3) is 9.68 Å². The Bertz CT molecular complexity index is 677. The molecule has 1 aromatic heterocycles. The molecular formula is C13H9Cl3N2O4. The normalized spacial score (nSPS) is 11.8. The van der Waals surface area contributed by atoms with Gasteiger partial charge in [-0.05, 0) is 23.8 Å². The second-order valence-corrected chi connectivity index (χ2v) is 6.31. The minimum Gasteiger partial charge on any atom is -0.482 e. The van der Waals surface area contributed by atoms with E-state index >= 15 is 0 Å². The molecule has 6 nitrogen and oxygen atoms in total. The average molecular weight is 364 g/mol. The van der Waals surface area contributed by atoms with Crippen molar-refractivity contribution >= 4 is 52.9 Å². The van der Waals surface area contributed by atoms with Gasteiger partial charge in [0.2, 0.25) is 5.89 Å². The number of aromatic nitrogens is 2. The zero-order chi connectivity index (χ0) is 16.2. The van der Waals surface area contributed by atoms with Gasteiger partial charge in [0.1, 0.15) is 5.75 Å². The lowest BCUT2D eigenvalue weighted by Crippen LogP contribution is -2.09. The van der Waals surface area contributed by atoms with E-state index in [0.29, 0.717) is 5.75 Å². The Kier molecular flexibility index (Phi) is 5.28. The summed E-state index contributed by atoms with van der Waals surface area (Å²) in [5.74, 6) is -0.511. The molecule has 0 bridgehead atoms. The molecule has 0 atom stereocenters. The number of carbonyl (C=O) groups is 1. The van der Waals surface area contributed by atoms with Crippen LogP contribution in [0.4, 0.5) is 0 Å². The number of hydrogen-bond donors (Lipinski definition) is 1. The Labute approximate surface area is 140 Å². The van der Waals surface area contributed by atoms with Crippen molar-refractivity contribution < 1.29 is 19.1 Å². The lowest BCUT2D eigenvalue weighted by atomic mass is 10.2. The summed E-state index contributed by atoms with van der Waals surface area (Å²) in [6.45, 7) is -0.392. The van der Waals surface area contributed by atoms with E-state index in [0.717, 1.165) is 5.56 Å². The molecule has 116 valence electrons. The van der Waals surface area contributed by atoms with Gasteiger partial charge in [0.05, 0.1) is 0 Å². The number of nitrogens with zero attached hydrogens (tertiary/aromatic N) is 2. The van der Waals surface area contributed by atoms with Crippen molar-refractivity contribution in [2.75, 3.05) is 6.61 Å². The number of alkyl halides is 3. The van der Waals surface area contributed by atoms with E-state index in [-0.39, 0.29) is 11.8 Å². The van der Waals surface area contributed by atoms with Gasteiger partial charge in [0, 0.05) is 6.08 Å². The molecule has 0 spiro atoms. The standard InChI is InChI=1S/C13H9Cl3N2O4/c14-13(15,16)12-18-17-10(22-12)6-3-8-1-4-9(5-2-8)21-7-11(19)20/h1-6H,7H2,(H,19,20). The van der Waals surface area contributed by atoms with Crippen molar-refractivity contribution in [2.45, 2.75) is 3.79 Å². The van der Waals surface area contributed by atoms with Crippen LogP contribution < -0.4 is 4.74 Å². The molecule has 0 saturated carbocycles. The second-order valence-electron chi connectivity index (χ2n) is 4.03. The molecule has 22 heavy (non-hydrogen) atoms. The Balaban J connectivity index is 2.01. The van der Waals surface area contributed by atoms with Crippen LogP contribution in [0.2, 0.25) is 0 Å². The molecule has 0 aliphatic rings. The molecule has 9 heteroatoms. The molecule has 0 aliphatic carbocycles. The summed E-state index contributed by atoms with van der Waals surface area (Å²) in [5, 5.41) is 15.8. The maximum Gasteiger partial charge on any atom is 0.341 e. The summed E-state index contributed by atoms with van der Waals surface area (Å²) in [7, 11) is 0. The average Bonchev–Trinajstić information content (AvgIpc) is 2.93. The molecule has 1 aromatic carbocycles. The van der Waals surface area contributed by atoms with Gasteiger partial charge in [-0.2, -0.15) is 0 Å². The van der Waals surface area contributed by atoms with Crippen molar-refractivity contribution in [1.29, 1.82) is 0 Å². The van der Waals surface area contributed by atoms with Crippen LogP contribution in [0.3, 0.4) is 0 Å². The van der Waals surface area contributed by atoms with Crippen LogP contribution in [-0.2, 0) is 8.59 Å². The number of carboxylic acids is 1. The number of halogens is 3. The summed E-state index contributed by atoms with van der Waals surface area (Å²) in [6.07, 6.45) is 3.26. The summed E-state index contributed by atoms with van der Waals surface area (Å²) in [6, 6.07) is 6.76. The highest BCUT2D eigenvalue weighted by atomic mass is 35.6. The zero-order valence-electron chi connectivity index (χ0n) is 10.9. The van der Waals surface area contributed by atoms with Gasteiger partial charge in [-0.15, -0.1) is 10.2 Å². The lowest BCUT2D eigenvalue weighted by Gasteiger charge is -2.02. The predicted molar refractivity (Wildman–Crippen MR) is 82.0 cm³/mol. The smallest absolute Gasteiger partial charge is 0.341 e. The summed E-state index contributed by atoms with van der Waals surface area (Å²) in [4.78, 5) is 10.4. The number of ether oxygens (including phenoxy) is 1. The first-order valence-electron chi connectivity index (χ1n) is 5.88. The van der Waals surface area contributed by atoms with Crippen LogP contribution in [0.25, 0.3) is 12.2 Å². The Morgan fingerprint density at radius 1 is 1.23 bits per heavy atom. The molecule has 0 fully saturated rings. The van der Waals surface area contributed by atoms with Crippen LogP contribution in [0, 0.1) is 0 Å². The van der Waals surface area contributed by atoms with Gasteiger partial charge in [-0.1, -0.05) is 46.9 Å². The van der Waals surface area contributed by atoms with Crippen molar-refractivity contribution in [3.05, 3.63) is 41.6 Å². The number of aliphatic carboxylic acids is 1. The largest absolute Gasteiger partial charge is 0.482 e. The molecular weight excluding hydrogens is 355 g/mol. The van der Waals surface area contributed by atoms with Crippen LogP contribution in [0.1, 0.15) is 17.3 Å². The predicted octanol–water partition coefficient (Wildman–Crippen LogP) is 3.53. The minimum absolute atomic E-state index is 0.116. The number of carboxylic acid groups (broad SMARTS) is 1. The third-order valence-corrected chi connectivity index (χ3v) is 2.83. The fourth-order valence-corrected chi connectivity index (χ4v) is 1.63. The molecule has 1 N–H and O–H groups in total. The van der Waals surface area contributed by atoms with E-state index < -0.39 is 16.4 Å². The van der Waals surface area contributed by atoms with E-state index in [1.165, 1.54) is 0 Å². The van der Waals surface area contributed by atoms with Crippen LogP contribution in [0.5, 0.6) is 5.75 Å². The first-order valence-corrected chi connectivity index (χ1v) is 7.01.